The maximum Gasteiger partial charge on any atom is 0.268 e. The van der Waals surface area contributed by atoms with E-state index in [4.69, 9.17) is 23.2 Å². The van der Waals surface area contributed by atoms with Crippen LogP contribution in [0.1, 0.15) is 28.6 Å². The Labute approximate surface area is 181 Å². The number of nitrogens with zero attached hydrogens (tertiary/aromatic N) is 1. The highest BCUT2D eigenvalue weighted by Gasteiger charge is 2.21. The van der Waals surface area contributed by atoms with Gasteiger partial charge >= 0.3 is 0 Å². The molecular formula is C22H18Cl2N2O2S. The summed E-state index contributed by atoms with van der Waals surface area (Å²) in [6, 6.07) is 12.7. The minimum absolute atomic E-state index is 0.161. The Morgan fingerprint density at radius 3 is 2.59 bits per heavy atom. The fraction of sp³-hybridized carbons (Fsp3) is 0.182. The highest BCUT2D eigenvalue weighted by molar-refractivity contribution is 7.21. The van der Waals surface area contributed by atoms with Crippen LogP contribution < -0.4 is 10.5 Å². The molecule has 0 radical (unpaired) electrons. The number of hydrogen-bond acceptors (Lipinski definition) is 3. The zero-order valence-electron chi connectivity index (χ0n) is 15.9. The quantitative estimate of drug-likeness (QED) is 0.394. The van der Waals surface area contributed by atoms with Gasteiger partial charge in [-0.1, -0.05) is 41.8 Å². The van der Waals surface area contributed by atoms with E-state index in [9.17, 15) is 9.59 Å². The molecule has 7 heteroatoms. The second kappa shape index (κ2) is 7.82. The van der Waals surface area contributed by atoms with Gasteiger partial charge in [0.2, 0.25) is 0 Å². The molecule has 0 spiro atoms. The third-order valence-electron chi connectivity index (χ3n) is 4.76. The molecule has 1 amide bonds. The number of benzene rings is 2. The minimum Gasteiger partial charge on any atom is -0.321 e. The van der Waals surface area contributed by atoms with E-state index in [1.54, 1.807) is 29.2 Å². The van der Waals surface area contributed by atoms with Crippen molar-refractivity contribution in [2.75, 3.05) is 11.4 Å². The van der Waals surface area contributed by atoms with Gasteiger partial charge in [0.15, 0.2) is 0 Å². The first kappa shape index (κ1) is 20.0. The number of thiophene rings is 1. The van der Waals surface area contributed by atoms with Gasteiger partial charge in [-0.05, 0) is 49.7 Å². The highest BCUT2D eigenvalue weighted by atomic mass is 35.5. The number of H-pyrrole nitrogens is 1. The highest BCUT2D eigenvalue weighted by Crippen LogP contribution is 2.33. The van der Waals surface area contributed by atoms with Crippen LogP contribution in [0.2, 0.25) is 10.0 Å². The molecule has 2 aromatic carbocycles. The van der Waals surface area contributed by atoms with Gasteiger partial charge in [-0.2, -0.15) is 0 Å². The molecule has 4 nitrogen and oxygen atoms in total. The monoisotopic (exact) mass is 444 g/mol. The summed E-state index contributed by atoms with van der Waals surface area (Å²) in [5.41, 5.74) is 2.35. The lowest BCUT2D eigenvalue weighted by Crippen LogP contribution is -2.31. The fourth-order valence-electron chi connectivity index (χ4n) is 3.37. The fourth-order valence-corrected chi connectivity index (χ4v) is 4.79. The summed E-state index contributed by atoms with van der Waals surface area (Å²) in [5.74, 6) is -0.161. The Kier molecular flexibility index (Phi) is 5.38. The van der Waals surface area contributed by atoms with Gasteiger partial charge in [0.1, 0.15) is 0 Å². The number of amides is 1. The number of nitrogens with one attached hydrogen (secondary N) is 1. The molecule has 0 fully saturated rings. The van der Waals surface area contributed by atoms with Crippen LogP contribution in [-0.4, -0.2) is 17.4 Å². The molecule has 4 aromatic rings. The van der Waals surface area contributed by atoms with Crippen molar-refractivity contribution in [2.24, 2.45) is 0 Å². The number of rotatable bonds is 4. The van der Waals surface area contributed by atoms with E-state index in [-0.39, 0.29) is 11.5 Å². The zero-order valence-corrected chi connectivity index (χ0v) is 18.2. The first-order valence-electron chi connectivity index (χ1n) is 9.22. The standard InChI is InChI=1S/C22H18Cl2N2O2S/c1-3-8-26(13-5-6-16(23)17(24)10-13)22(28)19-11-15-20(29-19)14-9-12(2)4-7-18(14)25-21(15)27/h4-7,9-11H,3,8H2,1-2H3,(H,25,27). The Balaban J connectivity index is 1.85. The van der Waals surface area contributed by atoms with Crippen molar-refractivity contribution >= 4 is 67.1 Å². The van der Waals surface area contributed by atoms with Crippen LogP contribution in [0.3, 0.4) is 0 Å². The summed E-state index contributed by atoms with van der Waals surface area (Å²) in [4.78, 5) is 31.0. The summed E-state index contributed by atoms with van der Waals surface area (Å²) in [6.45, 7) is 4.54. The van der Waals surface area contributed by atoms with Crippen LogP contribution in [0.4, 0.5) is 5.69 Å². The summed E-state index contributed by atoms with van der Waals surface area (Å²) < 4.78 is 0.821. The maximum atomic E-state index is 13.4. The summed E-state index contributed by atoms with van der Waals surface area (Å²) in [5, 5.41) is 2.31. The predicted octanol–water partition coefficient (Wildman–Crippen LogP) is 6.41. The molecule has 0 aliphatic rings. The van der Waals surface area contributed by atoms with Crippen LogP contribution in [-0.2, 0) is 0 Å². The molecular weight excluding hydrogens is 427 g/mol. The Morgan fingerprint density at radius 2 is 1.86 bits per heavy atom. The Morgan fingerprint density at radius 1 is 1.07 bits per heavy atom. The van der Waals surface area contributed by atoms with Gasteiger partial charge in [-0.15, -0.1) is 11.3 Å². The summed E-state index contributed by atoms with van der Waals surface area (Å²) in [7, 11) is 0. The van der Waals surface area contributed by atoms with E-state index < -0.39 is 0 Å². The van der Waals surface area contributed by atoms with E-state index in [0.29, 0.717) is 32.5 Å². The van der Waals surface area contributed by atoms with Crippen LogP contribution in [0.25, 0.3) is 21.0 Å². The van der Waals surface area contributed by atoms with Crippen molar-refractivity contribution in [3.8, 4) is 0 Å². The molecule has 0 bridgehead atoms. The molecule has 0 saturated carbocycles. The van der Waals surface area contributed by atoms with E-state index in [2.05, 4.69) is 4.98 Å². The van der Waals surface area contributed by atoms with Gasteiger partial charge in [0.25, 0.3) is 11.5 Å². The topological polar surface area (TPSA) is 53.2 Å². The van der Waals surface area contributed by atoms with Gasteiger partial charge in [-0.25, -0.2) is 0 Å². The second-order valence-corrected chi connectivity index (χ2v) is 8.78. The van der Waals surface area contributed by atoms with Crippen molar-refractivity contribution in [3.05, 3.63) is 73.3 Å². The lowest BCUT2D eigenvalue weighted by Gasteiger charge is -2.22. The molecule has 0 atom stereocenters. The molecule has 0 unspecified atom stereocenters. The summed E-state index contributed by atoms with van der Waals surface area (Å²) in [6.07, 6.45) is 0.777. The van der Waals surface area contributed by atoms with Crippen LogP contribution in [0.5, 0.6) is 0 Å². The minimum atomic E-state index is -0.191. The lowest BCUT2D eigenvalue weighted by molar-refractivity contribution is 0.0991. The first-order chi connectivity index (χ1) is 13.9. The average molecular weight is 445 g/mol. The number of carbonyl (C=O) groups is 1. The number of carbonyl (C=O) groups excluding carboxylic acids is 1. The molecule has 29 heavy (non-hydrogen) atoms. The first-order valence-corrected chi connectivity index (χ1v) is 10.8. The zero-order chi connectivity index (χ0) is 20.7. The van der Waals surface area contributed by atoms with Crippen LogP contribution in [0.15, 0.2) is 47.3 Å². The third kappa shape index (κ3) is 3.66. The molecule has 1 N–H and O–H groups in total. The number of aromatic nitrogens is 1. The smallest absolute Gasteiger partial charge is 0.268 e. The Bertz CT molecular complexity index is 1310. The molecule has 148 valence electrons. The summed E-state index contributed by atoms with van der Waals surface area (Å²) >= 11 is 13.5. The molecule has 2 heterocycles. The van der Waals surface area contributed by atoms with Crippen LogP contribution in [0, 0.1) is 6.92 Å². The number of pyridine rings is 1. The van der Waals surface area contributed by atoms with E-state index in [0.717, 1.165) is 27.6 Å². The van der Waals surface area contributed by atoms with Crippen molar-refractivity contribution < 1.29 is 4.79 Å². The number of aryl methyl sites for hydroxylation is 1. The molecule has 0 saturated heterocycles. The number of anilines is 1. The SMILES string of the molecule is CCCN(C(=O)c1cc2c(=O)[nH]c3ccc(C)cc3c2s1)c1ccc(Cl)c(Cl)c1. The third-order valence-corrected chi connectivity index (χ3v) is 6.66. The van der Waals surface area contributed by atoms with Gasteiger partial charge in [0, 0.05) is 27.8 Å². The number of halogens is 2. The van der Waals surface area contributed by atoms with Crippen molar-refractivity contribution in [1.82, 2.24) is 4.98 Å². The van der Waals surface area contributed by atoms with Crippen LogP contribution >= 0.6 is 34.5 Å². The second-order valence-electron chi connectivity index (χ2n) is 6.91. The Hall–Kier alpha value is -2.34. The van der Waals surface area contributed by atoms with E-state index >= 15 is 0 Å². The largest absolute Gasteiger partial charge is 0.321 e. The lowest BCUT2D eigenvalue weighted by atomic mass is 10.1. The maximum absolute atomic E-state index is 13.4. The predicted molar refractivity (Wildman–Crippen MR) is 123 cm³/mol. The normalized spacial score (nSPS) is 11.3. The van der Waals surface area contributed by atoms with Gasteiger partial charge in [0.05, 0.1) is 20.3 Å². The van der Waals surface area contributed by atoms with Crippen molar-refractivity contribution in [3.63, 3.8) is 0 Å². The van der Waals surface area contributed by atoms with Gasteiger partial charge in [-0.3, -0.25) is 9.59 Å². The molecule has 2 aromatic heterocycles. The van der Waals surface area contributed by atoms with Crippen molar-refractivity contribution in [2.45, 2.75) is 20.3 Å². The molecule has 4 rings (SSSR count). The van der Waals surface area contributed by atoms with E-state index in [1.165, 1.54) is 11.3 Å². The average Bonchev–Trinajstić information content (AvgIpc) is 3.15. The van der Waals surface area contributed by atoms with E-state index in [1.807, 2.05) is 32.0 Å². The number of hydrogen-bond donors (Lipinski definition) is 1. The molecule has 0 aliphatic carbocycles. The number of fused-ring (bicyclic) bond motifs is 3. The molecule has 0 aliphatic heterocycles. The van der Waals surface area contributed by atoms with Gasteiger partial charge < -0.3 is 9.88 Å². The van der Waals surface area contributed by atoms with Crippen molar-refractivity contribution in [1.29, 1.82) is 0 Å². The number of aromatic amines is 1.